The van der Waals surface area contributed by atoms with Crippen LogP contribution in [0.25, 0.3) is 0 Å². The van der Waals surface area contributed by atoms with Crippen molar-refractivity contribution < 1.29 is 18.0 Å². The maximum Gasteiger partial charge on any atom is 0.418 e. The number of hydrogen-bond acceptors (Lipinski definition) is 3. The Balaban J connectivity index is 1.52. The number of halogens is 3. The van der Waals surface area contributed by atoms with Crippen molar-refractivity contribution >= 4 is 22.9 Å². The Hall–Kier alpha value is -2.02. The Kier molecular flexibility index (Phi) is 5.86. The minimum Gasteiger partial charge on any atom is -0.367 e. The van der Waals surface area contributed by atoms with Crippen LogP contribution in [0, 0.1) is 0 Å². The van der Waals surface area contributed by atoms with E-state index in [1.807, 2.05) is 11.4 Å². The number of aryl methyl sites for hydroxylation is 1. The number of piperazine rings is 1. The van der Waals surface area contributed by atoms with Gasteiger partial charge in [-0.15, -0.1) is 11.3 Å². The summed E-state index contributed by atoms with van der Waals surface area (Å²) in [4.78, 5) is 17.1. The molecule has 7 heteroatoms. The molecule has 1 aromatic heterocycles. The summed E-state index contributed by atoms with van der Waals surface area (Å²) in [7, 11) is 0. The number of para-hydroxylation sites is 1. The van der Waals surface area contributed by atoms with Crippen LogP contribution in [0.15, 0.2) is 41.8 Å². The molecule has 0 unspecified atom stereocenters. The first kappa shape index (κ1) is 18.8. The normalized spacial score (nSPS) is 15.3. The summed E-state index contributed by atoms with van der Waals surface area (Å²) in [5, 5.41) is 2.02. The van der Waals surface area contributed by atoms with E-state index < -0.39 is 11.7 Å². The topological polar surface area (TPSA) is 23.6 Å². The molecule has 1 aliphatic rings. The summed E-state index contributed by atoms with van der Waals surface area (Å²) in [5.74, 6) is 0.0883. The number of alkyl halides is 3. The van der Waals surface area contributed by atoms with Crippen LogP contribution in [0.2, 0.25) is 0 Å². The van der Waals surface area contributed by atoms with E-state index in [0.717, 1.165) is 18.9 Å². The standard InChI is InChI=1S/C19H21F3N2OS/c20-19(21,22)16-7-1-2-8-17(16)23-10-12-24(13-11-23)18(25)9-3-5-15-6-4-14-26-15/h1-2,4,6-8,14H,3,5,9-13H2. The summed E-state index contributed by atoms with van der Waals surface area (Å²) < 4.78 is 39.5. The minimum atomic E-state index is -4.37. The maximum absolute atomic E-state index is 13.2. The molecule has 3 rings (SSSR count). The Bertz CT molecular complexity index is 723. The van der Waals surface area contributed by atoms with E-state index in [1.54, 1.807) is 27.2 Å². The summed E-state index contributed by atoms with van der Waals surface area (Å²) in [5.41, 5.74) is -0.416. The van der Waals surface area contributed by atoms with Gasteiger partial charge in [0.05, 0.1) is 5.56 Å². The van der Waals surface area contributed by atoms with Gasteiger partial charge in [0.2, 0.25) is 5.91 Å². The molecule has 0 bridgehead atoms. The van der Waals surface area contributed by atoms with Gasteiger partial charge in [0.25, 0.3) is 0 Å². The Morgan fingerprint density at radius 3 is 2.42 bits per heavy atom. The zero-order valence-corrected chi connectivity index (χ0v) is 15.2. The van der Waals surface area contributed by atoms with Crippen LogP contribution in [0.1, 0.15) is 23.3 Å². The molecule has 2 aromatic rings. The van der Waals surface area contributed by atoms with Crippen LogP contribution in [0.5, 0.6) is 0 Å². The van der Waals surface area contributed by atoms with E-state index in [4.69, 9.17) is 0 Å². The number of anilines is 1. The molecule has 0 aliphatic carbocycles. The average Bonchev–Trinajstić information content (AvgIpc) is 3.14. The van der Waals surface area contributed by atoms with Crippen molar-refractivity contribution in [2.45, 2.75) is 25.4 Å². The Labute approximate surface area is 155 Å². The number of amides is 1. The fraction of sp³-hybridized carbons (Fsp3) is 0.421. The number of benzene rings is 1. The number of hydrogen-bond donors (Lipinski definition) is 0. The molecule has 0 spiro atoms. The fourth-order valence-corrected chi connectivity index (χ4v) is 3.96. The molecular weight excluding hydrogens is 361 g/mol. The van der Waals surface area contributed by atoms with Gasteiger partial charge in [-0.25, -0.2) is 0 Å². The zero-order chi connectivity index (χ0) is 18.6. The van der Waals surface area contributed by atoms with Crippen molar-refractivity contribution in [2.75, 3.05) is 31.1 Å². The molecule has 1 saturated heterocycles. The molecule has 1 aromatic carbocycles. The van der Waals surface area contributed by atoms with Crippen LogP contribution >= 0.6 is 11.3 Å². The molecule has 3 nitrogen and oxygen atoms in total. The van der Waals surface area contributed by atoms with Crippen LogP contribution in [-0.4, -0.2) is 37.0 Å². The van der Waals surface area contributed by atoms with Crippen LogP contribution in [0.3, 0.4) is 0 Å². The van der Waals surface area contributed by atoms with E-state index in [2.05, 4.69) is 6.07 Å². The summed E-state index contributed by atoms with van der Waals surface area (Å²) in [6, 6.07) is 9.69. The van der Waals surface area contributed by atoms with E-state index >= 15 is 0 Å². The summed E-state index contributed by atoms with van der Waals surface area (Å²) >= 11 is 1.69. The lowest BCUT2D eigenvalue weighted by Gasteiger charge is -2.37. The second kappa shape index (κ2) is 8.12. The zero-order valence-electron chi connectivity index (χ0n) is 14.3. The molecular formula is C19H21F3N2OS. The molecule has 26 heavy (non-hydrogen) atoms. The van der Waals surface area contributed by atoms with Gasteiger partial charge in [0, 0.05) is 43.2 Å². The van der Waals surface area contributed by atoms with Crippen LogP contribution < -0.4 is 4.90 Å². The van der Waals surface area contributed by atoms with Crippen molar-refractivity contribution in [1.82, 2.24) is 4.90 Å². The number of carbonyl (C=O) groups is 1. The molecule has 2 heterocycles. The van der Waals surface area contributed by atoms with Crippen molar-refractivity contribution in [3.63, 3.8) is 0 Å². The lowest BCUT2D eigenvalue weighted by Crippen LogP contribution is -2.49. The predicted octanol–water partition coefficient (Wildman–Crippen LogP) is 4.44. The third kappa shape index (κ3) is 4.58. The highest BCUT2D eigenvalue weighted by Gasteiger charge is 2.35. The van der Waals surface area contributed by atoms with Gasteiger partial charge < -0.3 is 9.80 Å². The van der Waals surface area contributed by atoms with Crippen molar-refractivity contribution in [3.8, 4) is 0 Å². The monoisotopic (exact) mass is 382 g/mol. The first-order valence-corrected chi connectivity index (χ1v) is 9.54. The predicted molar refractivity (Wildman–Crippen MR) is 97.5 cm³/mol. The van der Waals surface area contributed by atoms with E-state index in [9.17, 15) is 18.0 Å². The van der Waals surface area contributed by atoms with Crippen molar-refractivity contribution in [3.05, 3.63) is 52.2 Å². The molecule has 1 aliphatic heterocycles. The third-order valence-corrected chi connectivity index (χ3v) is 5.51. The smallest absolute Gasteiger partial charge is 0.367 e. The van der Waals surface area contributed by atoms with Crippen molar-refractivity contribution in [1.29, 1.82) is 0 Å². The summed E-state index contributed by atoms with van der Waals surface area (Å²) in [6.45, 7) is 1.77. The third-order valence-electron chi connectivity index (χ3n) is 4.58. The maximum atomic E-state index is 13.2. The lowest BCUT2D eigenvalue weighted by atomic mass is 10.1. The molecule has 0 radical (unpaired) electrons. The molecule has 140 valence electrons. The van der Waals surface area contributed by atoms with Crippen LogP contribution in [0.4, 0.5) is 18.9 Å². The average molecular weight is 382 g/mol. The highest BCUT2D eigenvalue weighted by Crippen LogP contribution is 2.36. The largest absolute Gasteiger partial charge is 0.418 e. The number of thiophene rings is 1. The first-order chi connectivity index (χ1) is 12.4. The highest BCUT2D eigenvalue weighted by atomic mass is 32.1. The van der Waals surface area contributed by atoms with Gasteiger partial charge in [-0.3, -0.25) is 4.79 Å². The Morgan fingerprint density at radius 1 is 1.04 bits per heavy atom. The van der Waals surface area contributed by atoms with Gasteiger partial charge in [0.1, 0.15) is 0 Å². The SMILES string of the molecule is O=C(CCCc1cccs1)N1CCN(c2ccccc2C(F)(F)F)CC1. The van der Waals surface area contributed by atoms with Gasteiger partial charge in [-0.1, -0.05) is 18.2 Å². The number of carbonyl (C=O) groups excluding carboxylic acids is 1. The van der Waals surface area contributed by atoms with E-state index in [0.29, 0.717) is 32.6 Å². The second-order valence-electron chi connectivity index (χ2n) is 6.32. The summed E-state index contributed by atoms with van der Waals surface area (Å²) in [6.07, 6.45) is -2.19. The van der Waals surface area contributed by atoms with E-state index in [-0.39, 0.29) is 11.6 Å². The highest BCUT2D eigenvalue weighted by molar-refractivity contribution is 7.09. The minimum absolute atomic E-state index is 0.0883. The van der Waals surface area contributed by atoms with Gasteiger partial charge in [0.15, 0.2) is 0 Å². The second-order valence-corrected chi connectivity index (χ2v) is 7.35. The molecule has 0 saturated carbocycles. The number of rotatable bonds is 5. The molecule has 0 N–H and O–H groups in total. The van der Waals surface area contributed by atoms with Gasteiger partial charge in [-0.05, 0) is 36.4 Å². The molecule has 1 fully saturated rings. The van der Waals surface area contributed by atoms with Gasteiger partial charge in [-0.2, -0.15) is 13.2 Å². The van der Waals surface area contributed by atoms with E-state index in [1.165, 1.54) is 17.0 Å². The fourth-order valence-electron chi connectivity index (χ4n) is 3.21. The van der Waals surface area contributed by atoms with Gasteiger partial charge >= 0.3 is 6.18 Å². The van der Waals surface area contributed by atoms with Crippen molar-refractivity contribution in [2.24, 2.45) is 0 Å². The molecule has 0 atom stereocenters. The Morgan fingerprint density at radius 2 is 1.77 bits per heavy atom. The number of nitrogens with zero attached hydrogens (tertiary/aromatic N) is 2. The van der Waals surface area contributed by atoms with Crippen LogP contribution in [-0.2, 0) is 17.4 Å². The first-order valence-electron chi connectivity index (χ1n) is 8.66. The quantitative estimate of drug-likeness (QED) is 0.763. The molecule has 1 amide bonds. The lowest BCUT2D eigenvalue weighted by molar-refractivity contribution is -0.137.